The van der Waals surface area contributed by atoms with Crippen molar-refractivity contribution in [1.29, 1.82) is 0 Å². The van der Waals surface area contributed by atoms with Gasteiger partial charge in [-0.3, -0.25) is 29.0 Å². The van der Waals surface area contributed by atoms with Crippen molar-refractivity contribution in [3.05, 3.63) is 78.7 Å². The average Bonchev–Trinajstić information content (AvgIpc) is 3.97. The standard InChI is InChI=1S/C40H44N6O6S2.2H2S/c1-23-33(21-43-17-5-3-11-31(43)39(49)50)53-35(41-23)37(47)45-19-15-27-25(9-7-13-29(27)45)26-10-8-14-30-28(26)16-20-46(30)38(48)36-42-24(2)34(54-36)22-44-18-6-4-12-32(44)40(51)52;;/h7-10,13-14,31-32H,3-6,11-12,15-22H2,1-2H3,(H,49,50)(H,51,52);2*1H2/t31-,32-;;/m0../s1. The van der Waals surface area contributed by atoms with E-state index in [9.17, 15) is 29.4 Å². The van der Waals surface area contributed by atoms with Crippen LogP contribution in [0, 0.1) is 13.8 Å². The second-order valence-electron chi connectivity index (χ2n) is 14.7. The number of hydrogen-bond donors (Lipinski definition) is 2. The first-order chi connectivity index (χ1) is 26.1. The highest BCUT2D eigenvalue weighted by Crippen LogP contribution is 2.43. The molecule has 2 atom stereocenters. The van der Waals surface area contributed by atoms with E-state index in [2.05, 4.69) is 22.1 Å². The maximum atomic E-state index is 14.0. The van der Waals surface area contributed by atoms with Crippen LogP contribution in [0.1, 0.15) is 90.4 Å². The number of aromatic nitrogens is 2. The zero-order valence-corrected chi connectivity index (χ0v) is 35.2. The van der Waals surface area contributed by atoms with Crippen LogP contribution in [0.15, 0.2) is 36.4 Å². The highest BCUT2D eigenvalue weighted by atomic mass is 32.1. The van der Waals surface area contributed by atoms with E-state index in [1.54, 1.807) is 0 Å². The van der Waals surface area contributed by atoms with E-state index < -0.39 is 24.0 Å². The van der Waals surface area contributed by atoms with Gasteiger partial charge in [-0.2, -0.15) is 27.0 Å². The first kappa shape index (κ1) is 41.8. The molecule has 0 bridgehead atoms. The molecule has 56 heavy (non-hydrogen) atoms. The van der Waals surface area contributed by atoms with Crippen LogP contribution in [-0.2, 0) is 35.5 Å². The summed E-state index contributed by atoms with van der Waals surface area (Å²) in [6.07, 6.45) is 6.38. The fourth-order valence-electron chi connectivity index (χ4n) is 8.65. The van der Waals surface area contributed by atoms with Gasteiger partial charge in [0.05, 0.1) is 11.4 Å². The number of piperidine rings is 2. The van der Waals surface area contributed by atoms with Gasteiger partial charge in [0.1, 0.15) is 12.1 Å². The van der Waals surface area contributed by atoms with Crippen LogP contribution in [0.4, 0.5) is 11.4 Å². The molecule has 2 saturated heterocycles. The van der Waals surface area contributed by atoms with Crippen molar-refractivity contribution < 1.29 is 29.4 Å². The lowest BCUT2D eigenvalue weighted by Gasteiger charge is -2.32. The second-order valence-corrected chi connectivity index (χ2v) is 16.9. The number of fused-ring (bicyclic) bond motifs is 2. The third-order valence-corrected chi connectivity index (χ3v) is 13.7. The maximum absolute atomic E-state index is 14.0. The average molecular weight is 837 g/mol. The van der Waals surface area contributed by atoms with Gasteiger partial charge >= 0.3 is 11.9 Å². The minimum absolute atomic E-state index is 0. The molecule has 4 aromatic rings. The van der Waals surface area contributed by atoms with Crippen LogP contribution in [-0.4, -0.2) is 92.0 Å². The van der Waals surface area contributed by atoms with E-state index in [0.29, 0.717) is 61.9 Å². The van der Waals surface area contributed by atoms with Crippen LogP contribution in [0.3, 0.4) is 0 Å². The zero-order chi connectivity index (χ0) is 37.7. The predicted molar refractivity (Wildman–Crippen MR) is 228 cm³/mol. The number of rotatable bonds is 9. The summed E-state index contributed by atoms with van der Waals surface area (Å²) in [5, 5.41) is 20.3. The third-order valence-electron chi connectivity index (χ3n) is 11.5. The molecule has 6 heterocycles. The van der Waals surface area contributed by atoms with Gasteiger partial charge in [0.2, 0.25) is 0 Å². The number of benzene rings is 2. The quantitative estimate of drug-likeness (QED) is 0.194. The Morgan fingerprint density at radius 1 is 0.643 bits per heavy atom. The number of amides is 2. The summed E-state index contributed by atoms with van der Waals surface area (Å²) in [6.45, 7) is 7.23. The summed E-state index contributed by atoms with van der Waals surface area (Å²) in [7, 11) is 0. The fourth-order valence-corrected chi connectivity index (χ4v) is 10.7. The van der Waals surface area contributed by atoms with E-state index in [-0.39, 0.29) is 38.8 Å². The molecule has 8 rings (SSSR count). The number of aryl methyl sites for hydroxylation is 2. The van der Waals surface area contributed by atoms with Crippen molar-refractivity contribution in [3.63, 3.8) is 0 Å². The molecule has 0 aliphatic carbocycles. The number of thiazole rings is 2. The Hall–Kier alpha value is -3.80. The SMILES string of the molecule is Cc1nc(C(=O)N2CCc3c(-c4cccc5c4CCN5C(=O)c4nc(C)c(CN5CCCC[C@H]5C(=O)O)s4)cccc32)sc1CN1CCCC[C@H]1C(=O)O.S.S. The molecule has 2 N–H and O–H groups in total. The molecule has 2 aromatic heterocycles. The Labute approximate surface area is 348 Å². The number of likely N-dealkylation sites (tertiary alicyclic amines) is 2. The van der Waals surface area contributed by atoms with Crippen LogP contribution < -0.4 is 9.80 Å². The highest BCUT2D eigenvalue weighted by molar-refractivity contribution is 7.59. The maximum Gasteiger partial charge on any atom is 0.320 e. The molecule has 0 saturated carbocycles. The molecule has 298 valence electrons. The number of aliphatic carboxylic acids is 2. The molecule has 4 aliphatic rings. The van der Waals surface area contributed by atoms with Gasteiger partial charge in [0, 0.05) is 47.3 Å². The van der Waals surface area contributed by atoms with Crippen molar-refractivity contribution in [2.24, 2.45) is 0 Å². The summed E-state index contributed by atoms with van der Waals surface area (Å²) in [5.41, 5.74) is 7.55. The van der Waals surface area contributed by atoms with Crippen LogP contribution in [0.2, 0.25) is 0 Å². The van der Waals surface area contributed by atoms with Gasteiger partial charge in [-0.25, -0.2) is 9.97 Å². The van der Waals surface area contributed by atoms with Crippen molar-refractivity contribution in [3.8, 4) is 11.1 Å². The minimum atomic E-state index is -0.800. The van der Waals surface area contributed by atoms with Gasteiger partial charge in [-0.05, 0) is 99.8 Å². The second kappa shape index (κ2) is 17.4. The van der Waals surface area contributed by atoms with Gasteiger partial charge in [0.15, 0.2) is 10.0 Å². The largest absolute Gasteiger partial charge is 0.480 e. The molecule has 0 radical (unpaired) electrons. The van der Waals surface area contributed by atoms with Crippen LogP contribution in [0.25, 0.3) is 11.1 Å². The Kier molecular flexibility index (Phi) is 13.0. The number of carboxylic acids is 2. The van der Waals surface area contributed by atoms with E-state index in [4.69, 9.17) is 0 Å². The number of anilines is 2. The van der Waals surface area contributed by atoms with E-state index in [1.807, 2.05) is 57.7 Å². The van der Waals surface area contributed by atoms with Crippen molar-refractivity contribution >= 4 is 84.8 Å². The van der Waals surface area contributed by atoms with Crippen molar-refractivity contribution in [1.82, 2.24) is 19.8 Å². The zero-order valence-electron chi connectivity index (χ0n) is 31.5. The van der Waals surface area contributed by atoms with E-state index in [0.717, 1.165) is 93.5 Å². The molecular formula is C40H48N6O6S4. The van der Waals surface area contributed by atoms with Gasteiger partial charge < -0.3 is 20.0 Å². The van der Waals surface area contributed by atoms with E-state index in [1.165, 1.54) is 22.7 Å². The first-order valence-corrected chi connectivity index (χ1v) is 20.5. The fraction of sp³-hybridized carbons (Fsp3) is 0.450. The lowest BCUT2D eigenvalue weighted by atomic mass is 9.93. The molecule has 0 unspecified atom stereocenters. The Balaban J connectivity index is 0.00000266. The number of carbonyl (C=O) groups excluding carboxylic acids is 2. The lowest BCUT2D eigenvalue weighted by Crippen LogP contribution is -2.43. The Bertz CT molecular complexity index is 2000. The molecule has 2 fully saturated rings. The summed E-state index contributed by atoms with van der Waals surface area (Å²) in [5.74, 6) is -1.89. The predicted octanol–water partition coefficient (Wildman–Crippen LogP) is 6.39. The number of hydrogen-bond acceptors (Lipinski definition) is 10. The number of nitrogens with zero attached hydrogens (tertiary/aromatic N) is 6. The van der Waals surface area contributed by atoms with Gasteiger partial charge in [0.25, 0.3) is 11.8 Å². The summed E-state index contributed by atoms with van der Waals surface area (Å²) in [4.78, 5) is 70.6. The minimum Gasteiger partial charge on any atom is -0.480 e. The smallest absolute Gasteiger partial charge is 0.320 e. The summed E-state index contributed by atoms with van der Waals surface area (Å²) < 4.78 is 0. The van der Waals surface area contributed by atoms with Crippen molar-refractivity contribution in [2.45, 2.75) is 90.4 Å². The Morgan fingerprint density at radius 2 is 1.05 bits per heavy atom. The number of carboxylic acid groups (broad SMARTS) is 2. The van der Waals surface area contributed by atoms with E-state index >= 15 is 0 Å². The normalized spacial score (nSPS) is 19.5. The Morgan fingerprint density at radius 3 is 1.45 bits per heavy atom. The molecule has 0 spiro atoms. The third kappa shape index (κ3) is 7.88. The monoisotopic (exact) mass is 836 g/mol. The highest BCUT2D eigenvalue weighted by Gasteiger charge is 2.35. The molecular weight excluding hydrogens is 789 g/mol. The molecule has 4 aliphatic heterocycles. The van der Waals surface area contributed by atoms with Gasteiger partial charge in [-0.1, -0.05) is 37.1 Å². The first-order valence-electron chi connectivity index (χ1n) is 18.8. The topological polar surface area (TPSA) is 147 Å². The molecule has 2 aromatic carbocycles. The number of carbonyl (C=O) groups is 4. The van der Waals surface area contributed by atoms with Crippen molar-refractivity contribution in [2.75, 3.05) is 36.0 Å². The lowest BCUT2D eigenvalue weighted by molar-refractivity contribution is -0.145. The van der Waals surface area contributed by atoms with Crippen LogP contribution >= 0.6 is 49.7 Å². The molecule has 16 heteroatoms. The van der Waals surface area contributed by atoms with Crippen LogP contribution in [0.5, 0.6) is 0 Å². The molecule has 12 nitrogen and oxygen atoms in total. The summed E-state index contributed by atoms with van der Waals surface area (Å²) in [6, 6.07) is 11.1. The summed E-state index contributed by atoms with van der Waals surface area (Å²) >= 11 is 2.72. The molecule has 2 amide bonds. The van der Waals surface area contributed by atoms with Gasteiger partial charge in [-0.15, -0.1) is 22.7 Å².